The summed E-state index contributed by atoms with van der Waals surface area (Å²) >= 11 is 0. The van der Waals surface area contributed by atoms with Crippen LogP contribution < -0.4 is 0 Å². The van der Waals surface area contributed by atoms with Gasteiger partial charge in [-0.2, -0.15) is 22.6 Å². The molecule has 1 aliphatic heterocycles. The lowest BCUT2D eigenvalue weighted by Crippen LogP contribution is -2.53. The van der Waals surface area contributed by atoms with E-state index in [-0.39, 0.29) is 32.0 Å². The fourth-order valence-electron chi connectivity index (χ4n) is 5.08. The highest BCUT2D eigenvalue weighted by Gasteiger charge is 2.41. The lowest BCUT2D eigenvalue weighted by atomic mass is 9.96. The number of benzene rings is 2. The van der Waals surface area contributed by atoms with Gasteiger partial charge in [0.2, 0.25) is 10.0 Å². The SMILES string of the molecule is Cc1cc2c(cnn2-c2ccc(F)cc2)cc1[C@@H]1CN(S(=O)(=O)C2CCC2)CCN1CCC(F)(F)F. The molecule has 11 heteroatoms. The van der Waals surface area contributed by atoms with E-state index < -0.39 is 33.9 Å². The molecule has 1 atom stereocenters. The van der Waals surface area contributed by atoms with Crippen molar-refractivity contribution >= 4 is 20.9 Å². The number of hydrogen-bond acceptors (Lipinski definition) is 4. The molecule has 6 nitrogen and oxygen atoms in total. The Bertz CT molecular complexity index is 1350. The second-order valence-corrected chi connectivity index (χ2v) is 11.9. The van der Waals surface area contributed by atoms with Gasteiger partial charge in [-0.3, -0.25) is 4.90 Å². The van der Waals surface area contributed by atoms with E-state index in [9.17, 15) is 26.0 Å². The average Bonchev–Trinajstić information content (AvgIpc) is 3.18. The molecule has 1 saturated carbocycles. The highest BCUT2D eigenvalue weighted by molar-refractivity contribution is 7.89. The minimum atomic E-state index is -4.30. The van der Waals surface area contributed by atoms with Gasteiger partial charge in [0.05, 0.1) is 29.1 Å². The predicted octanol–water partition coefficient (Wildman–Crippen LogP) is 4.97. The Kier molecular flexibility index (Phi) is 6.59. The van der Waals surface area contributed by atoms with Crippen LogP contribution in [0.15, 0.2) is 42.6 Å². The molecule has 0 amide bonds. The number of nitrogens with zero attached hydrogens (tertiary/aromatic N) is 4. The van der Waals surface area contributed by atoms with Crippen molar-refractivity contribution in [1.29, 1.82) is 0 Å². The monoisotopic (exact) mass is 524 g/mol. The van der Waals surface area contributed by atoms with Crippen molar-refractivity contribution in [3.63, 3.8) is 0 Å². The van der Waals surface area contributed by atoms with Gasteiger partial charge in [-0.15, -0.1) is 0 Å². The third-order valence-electron chi connectivity index (χ3n) is 7.36. The largest absolute Gasteiger partial charge is 0.390 e. The lowest BCUT2D eigenvalue weighted by molar-refractivity contribution is -0.140. The molecule has 0 N–H and O–H groups in total. The fourth-order valence-corrected chi connectivity index (χ4v) is 7.12. The highest BCUT2D eigenvalue weighted by atomic mass is 32.2. The first-order chi connectivity index (χ1) is 17.0. The first-order valence-corrected chi connectivity index (χ1v) is 13.6. The average molecular weight is 525 g/mol. The summed E-state index contributed by atoms with van der Waals surface area (Å²) in [5, 5.41) is 4.81. The molecule has 5 rings (SSSR count). The third kappa shape index (κ3) is 4.88. The van der Waals surface area contributed by atoms with Crippen molar-refractivity contribution in [2.75, 3.05) is 26.2 Å². The number of rotatable bonds is 6. The van der Waals surface area contributed by atoms with Crippen LogP contribution in [0.3, 0.4) is 0 Å². The molecule has 0 unspecified atom stereocenters. The van der Waals surface area contributed by atoms with E-state index >= 15 is 0 Å². The first-order valence-electron chi connectivity index (χ1n) is 12.1. The lowest BCUT2D eigenvalue weighted by Gasteiger charge is -2.43. The summed E-state index contributed by atoms with van der Waals surface area (Å²) in [6, 6.07) is 9.23. The number of aryl methyl sites for hydroxylation is 1. The predicted molar refractivity (Wildman–Crippen MR) is 129 cm³/mol. The summed E-state index contributed by atoms with van der Waals surface area (Å²) in [5.74, 6) is -0.355. The van der Waals surface area contributed by atoms with Gasteiger partial charge >= 0.3 is 6.18 Å². The quantitative estimate of drug-likeness (QED) is 0.428. The molecule has 1 saturated heterocycles. The molecule has 2 aromatic carbocycles. The smallest absolute Gasteiger partial charge is 0.293 e. The number of hydrogen-bond donors (Lipinski definition) is 0. The number of sulfonamides is 1. The van der Waals surface area contributed by atoms with Gasteiger partial charge in [0.1, 0.15) is 5.82 Å². The molecule has 194 valence electrons. The van der Waals surface area contributed by atoms with Crippen LogP contribution in [0.1, 0.15) is 42.9 Å². The second kappa shape index (κ2) is 9.42. The van der Waals surface area contributed by atoms with Gasteiger partial charge in [-0.25, -0.2) is 17.5 Å². The molecule has 2 aliphatic rings. The van der Waals surface area contributed by atoms with Crippen LogP contribution in [0.25, 0.3) is 16.6 Å². The zero-order valence-electron chi connectivity index (χ0n) is 19.9. The van der Waals surface area contributed by atoms with Crippen LogP contribution in [0.2, 0.25) is 0 Å². The number of aromatic nitrogens is 2. The maximum atomic E-state index is 13.4. The number of piperazine rings is 1. The van der Waals surface area contributed by atoms with Crippen LogP contribution in [0, 0.1) is 12.7 Å². The second-order valence-electron chi connectivity index (χ2n) is 9.67. The molecule has 0 spiro atoms. The summed E-state index contributed by atoms with van der Waals surface area (Å²) in [6.45, 7) is 2.22. The molecular formula is C25H28F4N4O2S. The van der Waals surface area contributed by atoms with E-state index in [4.69, 9.17) is 0 Å². The Hall–Kier alpha value is -2.50. The standard InChI is InChI=1S/C25H28F4N4O2S/c1-17-13-23-18(15-30-33(23)20-7-5-19(26)6-8-20)14-22(17)24-16-32(36(34,35)21-3-2-4-21)12-11-31(24)10-9-25(27,28)29/h5-8,13-15,21,24H,2-4,9-12,16H2,1H3/t24-/m0/s1. The topological polar surface area (TPSA) is 58.4 Å². The van der Waals surface area contributed by atoms with Gasteiger partial charge in [0, 0.05) is 37.6 Å². The van der Waals surface area contributed by atoms with Gasteiger partial charge in [-0.1, -0.05) is 6.42 Å². The van der Waals surface area contributed by atoms with Gasteiger partial charge < -0.3 is 0 Å². The number of fused-ring (bicyclic) bond motifs is 1. The Balaban J connectivity index is 1.50. The molecular weight excluding hydrogens is 496 g/mol. The van der Waals surface area contributed by atoms with Crippen LogP contribution in [-0.4, -0.2) is 65.0 Å². The van der Waals surface area contributed by atoms with Crippen molar-refractivity contribution < 1.29 is 26.0 Å². The van der Waals surface area contributed by atoms with E-state index in [0.29, 0.717) is 18.5 Å². The zero-order chi connectivity index (χ0) is 25.7. The van der Waals surface area contributed by atoms with Gasteiger partial charge in [-0.05, 0) is 67.3 Å². The van der Waals surface area contributed by atoms with Crippen molar-refractivity contribution in [1.82, 2.24) is 19.0 Å². The number of alkyl halides is 3. The minimum Gasteiger partial charge on any atom is -0.293 e. The van der Waals surface area contributed by atoms with Gasteiger partial charge in [0.15, 0.2) is 0 Å². The zero-order valence-corrected chi connectivity index (χ0v) is 20.7. The molecule has 2 heterocycles. The summed E-state index contributed by atoms with van der Waals surface area (Å²) in [4.78, 5) is 1.75. The molecule has 1 aliphatic carbocycles. The molecule has 2 fully saturated rings. The third-order valence-corrected chi connectivity index (χ3v) is 9.72. The van der Waals surface area contributed by atoms with E-state index in [0.717, 1.165) is 28.5 Å². The maximum absolute atomic E-state index is 13.4. The molecule has 3 aromatic rings. The summed E-state index contributed by atoms with van der Waals surface area (Å²) in [6.07, 6.45) is -1.44. The van der Waals surface area contributed by atoms with E-state index in [1.165, 1.54) is 16.4 Å². The summed E-state index contributed by atoms with van der Waals surface area (Å²) in [7, 11) is -3.49. The van der Waals surface area contributed by atoms with Crippen molar-refractivity contribution in [3.05, 3.63) is 59.5 Å². The van der Waals surface area contributed by atoms with Crippen LogP contribution in [0.4, 0.5) is 17.6 Å². The molecule has 1 aromatic heterocycles. The van der Waals surface area contributed by atoms with E-state index in [1.807, 2.05) is 19.1 Å². The van der Waals surface area contributed by atoms with Crippen LogP contribution in [0.5, 0.6) is 0 Å². The fraction of sp³-hybridized carbons (Fsp3) is 0.480. The van der Waals surface area contributed by atoms with E-state index in [1.54, 1.807) is 27.9 Å². The van der Waals surface area contributed by atoms with Crippen molar-refractivity contribution in [2.45, 2.75) is 50.1 Å². The molecule has 0 radical (unpaired) electrons. The van der Waals surface area contributed by atoms with Crippen LogP contribution in [-0.2, 0) is 10.0 Å². The normalized spacial score (nSPS) is 20.6. The molecule has 0 bridgehead atoms. The van der Waals surface area contributed by atoms with E-state index in [2.05, 4.69) is 5.10 Å². The maximum Gasteiger partial charge on any atom is 0.390 e. The van der Waals surface area contributed by atoms with Crippen molar-refractivity contribution in [3.8, 4) is 5.69 Å². The van der Waals surface area contributed by atoms with Gasteiger partial charge in [0.25, 0.3) is 0 Å². The van der Waals surface area contributed by atoms with Crippen LogP contribution >= 0.6 is 0 Å². The molecule has 36 heavy (non-hydrogen) atoms. The summed E-state index contributed by atoms with van der Waals surface area (Å²) < 4.78 is 82.0. The summed E-state index contributed by atoms with van der Waals surface area (Å²) in [5.41, 5.74) is 3.08. The van der Waals surface area contributed by atoms with Crippen molar-refractivity contribution in [2.24, 2.45) is 0 Å². The number of halogens is 4. The highest BCUT2D eigenvalue weighted by Crippen LogP contribution is 2.36. The Labute approximate surface area is 207 Å². The Morgan fingerprint density at radius 1 is 1.08 bits per heavy atom. The minimum absolute atomic E-state index is 0.120. The Morgan fingerprint density at radius 3 is 2.44 bits per heavy atom. The Morgan fingerprint density at radius 2 is 1.81 bits per heavy atom. The first kappa shape index (κ1) is 25.2.